The molecular formula is C11H18O4. The van der Waals surface area contributed by atoms with E-state index in [1.54, 1.807) is 13.8 Å². The van der Waals surface area contributed by atoms with Gasteiger partial charge in [0.1, 0.15) is 18.3 Å². The van der Waals surface area contributed by atoms with E-state index in [0.717, 1.165) is 0 Å². The van der Waals surface area contributed by atoms with E-state index in [0.29, 0.717) is 5.57 Å². The molecule has 1 aliphatic rings. The van der Waals surface area contributed by atoms with Crippen LogP contribution in [0.5, 0.6) is 0 Å². The fourth-order valence-corrected chi connectivity index (χ4v) is 1.58. The van der Waals surface area contributed by atoms with Crippen molar-refractivity contribution in [2.45, 2.75) is 37.9 Å². The Labute approximate surface area is 89.8 Å². The lowest BCUT2D eigenvalue weighted by Crippen LogP contribution is -2.35. The predicted octanol–water partition coefficient (Wildman–Crippen LogP) is 0.602. The Kier molecular flexibility index (Phi) is 3.67. The van der Waals surface area contributed by atoms with Crippen LogP contribution in [0.3, 0.4) is 0 Å². The van der Waals surface area contributed by atoms with Crippen molar-refractivity contribution in [1.82, 2.24) is 0 Å². The molecule has 0 bridgehead atoms. The van der Waals surface area contributed by atoms with Gasteiger partial charge in [-0.15, -0.1) is 6.58 Å². The van der Waals surface area contributed by atoms with Crippen molar-refractivity contribution in [2.75, 3.05) is 6.61 Å². The second-order valence-corrected chi connectivity index (χ2v) is 4.06. The zero-order chi connectivity index (χ0) is 11.6. The molecule has 1 fully saturated rings. The van der Waals surface area contributed by atoms with E-state index in [9.17, 15) is 5.11 Å². The van der Waals surface area contributed by atoms with Gasteiger partial charge < -0.3 is 19.7 Å². The van der Waals surface area contributed by atoms with Crippen LogP contribution < -0.4 is 0 Å². The largest absolute Gasteiger partial charge is 0.392 e. The topological polar surface area (TPSA) is 58.9 Å². The van der Waals surface area contributed by atoms with Crippen LogP contribution in [0.4, 0.5) is 0 Å². The molecular weight excluding hydrogens is 196 g/mol. The molecule has 1 heterocycles. The second kappa shape index (κ2) is 4.45. The molecule has 4 heteroatoms. The van der Waals surface area contributed by atoms with Gasteiger partial charge in [-0.3, -0.25) is 0 Å². The highest BCUT2D eigenvalue weighted by molar-refractivity contribution is 5.11. The monoisotopic (exact) mass is 214 g/mol. The molecule has 1 aliphatic heterocycles. The van der Waals surface area contributed by atoms with Crippen LogP contribution in [-0.4, -0.2) is 40.9 Å². The second-order valence-electron chi connectivity index (χ2n) is 4.06. The predicted molar refractivity (Wildman–Crippen MR) is 56.3 cm³/mol. The number of aliphatic hydroxyl groups excluding tert-OH is 2. The Hall–Kier alpha value is -0.680. The van der Waals surface area contributed by atoms with Crippen LogP contribution in [0.25, 0.3) is 0 Å². The Balaban J connectivity index is 2.83. The summed E-state index contributed by atoms with van der Waals surface area (Å²) in [6, 6.07) is 0. The van der Waals surface area contributed by atoms with Gasteiger partial charge in [0.05, 0.1) is 6.61 Å². The summed E-state index contributed by atoms with van der Waals surface area (Å²) in [7, 11) is 0. The molecule has 0 aromatic heterocycles. The maximum atomic E-state index is 9.66. The number of hydrogen-bond donors (Lipinski definition) is 2. The van der Waals surface area contributed by atoms with E-state index >= 15 is 0 Å². The summed E-state index contributed by atoms with van der Waals surface area (Å²) in [5.74, 6) is -0.780. The third kappa shape index (κ3) is 2.66. The van der Waals surface area contributed by atoms with Crippen LogP contribution in [0.2, 0.25) is 0 Å². The molecule has 0 spiro atoms. The van der Waals surface area contributed by atoms with Crippen LogP contribution in [0, 0.1) is 0 Å². The highest BCUT2D eigenvalue weighted by Gasteiger charge is 2.44. The van der Waals surface area contributed by atoms with E-state index < -0.39 is 24.1 Å². The summed E-state index contributed by atoms with van der Waals surface area (Å²) < 4.78 is 11.1. The summed E-state index contributed by atoms with van der Waals surface area (Å²) in [5, 5.41) is 18.7. The standard InChI is InChI=1S/C11H18O4/c1-5-8(13)10-9(7(2)6-12)14-11(3,4)15-10/h5,8-10,12-13H,1-2,6H2,3-4H3. The van der Waals surface area contributed by atoms with E-state index in [-0.39, 0.29) is 6.61 Å². The average Bonchev–Trinajstić information content (AvgIpc) is 2.52. The highest BCUT2D eigenvalue weighted by atomic mass is 16.8. The first-order valence-corrected chi connectivity index (χ1v) is 4.86. The van der Waals surface area contributed by atoms with Gasteiger partial charge in [-0.1, -0.05) is 12.7 Å². The molecule has 0 saturated carbocycles. The maximum Gasteiger partial charge on any atom is 0.164 e. The fourth-order valence-electron chi connectivity index (χ4n) is 1.58. The minimum atomic E-state index is -0.833. The number of hydrogen-bond acceptors (Lipinski definition) is 4. The number of ether oxygens (including phenoxy) is 2. The van der Waals surface area contributed by atoms with Gasteiger partial charge in [-0.05, 0) is 19.4 Å². The molecule has 0 aliphatic carbocycles. The van der Waals surface area contributed by atoms with Crippen molar-refractivity contribution < 1.29 is 19.7 Å². The van der Waals surface area contributed by atoms with Crippen molar-refractivity contribution in [2.24, 2.45) is 0 Å². The van der Waals surface area contributed by atoms with E-state index in [2.05, 4.69) is 13.2 Å². The first-order chi connectivity index (χ1) is 6.91. The van der Waals surface area contributed by atoms with Crippen molar-refractivity contribution in [3.8, 4) is 0 Å². The Morgan fingerprint density at radius 1 is 1.53 bits per heavy atom. The molecule has 0 amide bonds. The number of aliphatic hydroxyl groups is 2. The summed E-state index contributed by atoms with van der Waals surface area (Å²) in [5.41, 5.74) is 0.492. The molecule has 4 nitrogen and oxygen atoms in total. The lowest BCUT2D eigenvalue weighted by molar-refractivity contribution is -0.151. The third-order valence-electron chi connectivity index (χ3n) is 2.31. The quantitative estimate of drug-likeness (QED) is 0.673. The molecule has 1 rings (SSSR count). The lowest BCUT2D eigenvalue weighted by Gasteiger charge is -2.20. The Bertz CT molecular complexity index is 259. The minimum Gasteiger partial charge on any atom is -0.392 e. The van der Waals surface area contributed by atoms with Gasteiger partial charge in [0.2, 0.25) is 0 Å². The van der Waals surface area contributed by atoms with Crippen molar-refractivity contribution in [1.29, 1.82) is 0 Å². The van der Waals surface area contributed by atoms with E-state index in [1.165, 1.54) is 6.08 Å². The van der Waals surface area contributed by atoms with Crippen molar-refractivity contribution in [3.63, 3.8) is 0 Å². The number of rotatable bonds is 4. The molecule has 2 N–H and O–H groups in total. The molecule has 0 aromatic rings. The van der Waals surface area contributed by atoms with Gasteiger partial charge in [-0.2, -0.15) is 0 Å². The van der Waals surface area contributed by atoms with Gasteiger partial charge >= 0.3 is 0 Å². The SMILES string of the molecule is C=CC(O)C1OC(C)(C)OC1C(=C)CO. The molecule has 86 valence electrons. The lowest BCUT2D eigenvalue weighted by atomic mass is 10.0. The van der Waals surface area contributed by atoms with Crippen LogP contribution in [0.15, 0.2) is 24.8 Å². The smallest absolute Gasteiger partial charge is 0.164 e. The van der Waals surface area contributed by atoms with Gasteiger partial charge in [0.25, 0.3) is 0 Å². The van der Waals surface area contributed by atoms with Crippen molar-refractivity contribution >= 4 is 0 Å². The molecule has 3 atom stereocenters. The van der Waals surface area contributed by atoms with Gasteiger partial charge in [-0.25, -0.2) is 0 Å². The summed E-state index contributed by atoms with van der Waals surface area (Å²) in [6.07, 6.45) is -0.511. The first-order valence-electron chi connectivity index (χ1n) is 4.86. The average molecular weight is 214 g/mol. The molecule has 15 heavy (non-hydrogen) atoms. The Morgan fingerprint density at radius 2 is 2.13 bits per heavy atom. The van der Waals surface area contributed by atoms with E-state index in [4.69, 9.17) is 14.6 Å². The molecule has 0 radical (unpaired) electrons. The minimum absolute atomic E-state index is 0.190. The summed E-state index contributed by atoms with van der Waals surface area (Å²) in [4.78, 5) is 0. The first kappa shape index (κ1) is 12.4. The maximum absolute atomic E-state index is 9.66. The van der Waals surface area contributed by atoms with Crippen LogP contribution in [-0.2, 0) is 9.47 Å². The zero-order valence-electron chi connectivity index (χ0n) is 9.14. The zero-order valence-corrected chi connectivity index (χ0v) is 9.14. The van der Waals surface area contributed by atoms with Crippen LogP contribution >= 0.6 is 0 Å². The van der Waals surface area contributed by atoms with Crippen molar-refractivity contribution in [3.05, 3.63) is 24.8 Å². The van der Waals surface area contributed by atoms with Gasteiger partial charge in [0.15, 0.2) is 5.79 Å². The molecule has 3 unspecified atom stereocenters. The highest BCUT2D eigenvalue weighted by Crippen LogP contribution is 2.33. The van der Waals surface area contributed by atoms with E-state index in [1.807, 2.05) is 0 Å². The fraction of sp³-hybridized carbons (Fsp3) is 0.636. The van der Waals surface area contributed by atoms with Crippen LogP contribution in [0.1, 0.15) is 13.8 Å². The van der Waals surface area contributed by atoms with Gasteiger partial charge in [0, 0.05) is 0 Å². The Morgan fingerprint density at radius 3 is 2.60 bits per heavy atom. The molecule has 1 saturated heterocycles. The summed E-state index contributed by atoms with van der Waals surface area (Å²) in [6.45, 7) is 10.5. The molecule has 0 aromatic carbocycles. The normalized spacial score (nSPS) is 31.2. The third-order valence-corrected chi connectivity index (χ3v) is 2.31. The summed E-state index contributed by atoms with van der Waals surface area (Å²) >= 11 is 0.